The summed E-state index contributed by atoms with van der Waals surface area (Å²) in [6.45, 7) is 7.12. The minimum absolute atomic E-state index is 0.0284. The molecule has 0 bridgehead atoms. The third-order valence-corrected chi connectivity index (χ3v) is 5.39. The average Bonchev–Trinajstić information content (AvgIpc) is 2.80. The molecule has 3 aromatic carbocycles. The number of carbonyl (C=O) groups excluding carboxylic acids is 1. The summed E-state index contributed by atoms with van der Waals surface area (Å²) < 4.78 is 11.6. The monoisotopic (exact) mass is 414 g/mol. The summed E-state index contributed by atoms with van der Waals surface area (Å²) in [6, 6.07) is 25.0. The fourth-order valence-electron chi connectivity index (χ4n) is 3.80. The van der Waals surface area contributed by atoms with E-state index in [1.54, 1.807) is 11.0 Å². The molecule has 0 fully saturated rings. The molecule has 1 heterocycles. The van der Waals surface area contributed by atoms with Crippen LogP contribution in [0, 0.1) is 0 Å². The lowest BCUT2D eigenvalue weighted by molar-refractivity contribution is 0.0572. The van der Waals surface area contributed by atoms with Gasteiger partial charge in [-0.15, -0.1) is 6.58 Å². The van der Waals surface area contributed by atoms with Gasteiger partial charge in [0.1, 0.15) is 30.4 Å². The van der Waals surface area contributed by atoms with Crippen molar-refractivity contribution in [2.24, 2.45) is 0 Å². The van der Waals surface area contributed by atoms with Crippen LogP contribution < -0.4 is 14.8 Å². The van der Waals surface area contributed by atoms with Crippen LogP contribution in [-0.2, 0) is 5.66 Å². The number of para-hydroxylation sites is 2. The van der Waals surface area contributed by atoms with Gasteiger partial charge in [0.25, 0.3) is 5.91 Å². The molecule has 1 aliphatic heterocycles. The van der Waals surface area contributed by atoms with Gasteiger partial charge in [-0.1, -0.05) is 48.5 Å². The normalized spacial score (nSPS) is 17.5. The Kier molecular flexibility index (Phi) is 5.94. The molecule has 158 valence electrons. The topological polar surface area (TPSA) is 50.8 Å². The predicted octanol–water partition coefficient (Wildman–Crippen LogP) is 5.07. The minimum atomic E-state index is -0.737. The smallest absolute Gasteiger partial charge is 0.258 e. The van der Waals surface area contributed by atoms with E-state index in [4.69, 9.17) is 9.47 Å². The van der Waals surface area contributed by atoms with Crippen molar-refractivity contribution in [1.29, 1.82) is 0 Å². The van der Waals surface area contributed by atoms with Gasteiger partial charge < -0.3 is 19.7 Å². The Morgan fingerprint density at radius 2 is 1.61 bits per heavy atom. The third-order valence-electron chi connectivity index (χ3n) is 5.39. The molecule has 1 unspecified atom stereocenters. The molecule has 5 nitrogen and oxygen atoms in total. The van der Waals surface area contributed by atoms with Crippen molar-refractivity contribution in [3.05, 3.63) is 103 Å². The number of ether oxygens (including phenoxy) is 2. The van der Waals surface area contributed by atoms with Crippen LogP contribution >= 0.6 is 0 Å². The van der Waals surface area contributed by atoms with E-state index in [-0.39, 0.29) is 5.91 Å². The lowest BCUT2D eigenvalue weighted by atomic mass is 9.93. The minimum Gasteiger partial charge on any atom is -0.490 e. The van der Waals surface area contributed by atoms with Gasteiger partial charge in [0.05, 0.1) is 5.56 Å². The molecule has 0 saturated carbocycles. The summed E-state index contributed by atoms with van der Waals surface area (Å²) >= 11 is 0. The summed E-state index contributed by atoms with van der Waals surface area (Å²) in [4.78, 5) is 15.0. The highest BCUT2D eigenvalue weighted by Crippen LogP contribution is 2.38. The lowest BCUT2D eigenvalue weighted by Crippen LogP contribution is -2.55. The van der Waals surface area contributed by atoms with Crippen LogP contribution in [0.3, 0.4) is 0 Å². The molecule has 0 radical (unpaired) electrons. The maximum Gasteiger partial charge on any atom is 0.258 e. The molecule has 0 spiro atoms. The number of nitrogens with zero attached hydrogens (tertiary/aromatic N) is 1. The number of carbonyl (C=O) groups is 1. The van der Waals surface area contributed by atoms with Gasteiger partial charge >= 0.3 is 0 Å². The molecule has 31 heavy (non-hydrogen) atoms. The van der Waals surface area contributed by atoms with Crippen molar-refractivity contribution in [3.8, 4) is 11.5 Å². The van der Waals surface area contributed by atoms with E-state index in [9.17, 15) is 4.79 Å². The average molecular weight is 415 g/mol. The molecule has 1 N–H and O–H groups in total. The van der Waals surface area contributed by atoms with Crippen LogP contribution in [0.15, 0.2) is 91.5 Å². The highest BCUT2D eigenvalue weighted by molar-refractivity contribution is 6.02. The van der Waals surface area contributed by atoms with Crippen molar-refractivity contribution >= 4 is 11.6 Å². The van der Waals surface area contributed by atoms with Gasteiger partial charge in [-0.2, -0.15) is 0 Å². The molecule has 3 aromatic rings. The molecule has 4 rings (SSSR count). The predicted molar refractivity (Wildman–Crippen MR) is 123 cm³/mol. The quantitative estimate of drug-likeness (QED) is 0.413. The van der Waals surface area contributed by atoms with Crippen molar-refractivity contribution in [2.45, 2.75) is 12.6 Å². The first-order valence-corrected chi connectivity index (χ1v) is 10.3. The van der Waals surface area contributed by atoms with E-state index in [0.29, 0.717) is 25.3 Å². The van der Waals surface area contributed by atoms with Gasteiger partial charge in [0.15, 0.2) is 0 Å². The number of benzene rings is 3. The van der Waals surface area contributed by atoms with Gasteiger partial charge in [-0.05, 0) is 43.3 Å². The first-order valence-electron chi connectivity index (χ1n) is 10.3. The summed E-state index contributed by atoms with van der Waals surface area (Å²) in [5, 5.41) is 3.55. The number of rotatable bonds is 8. The summed E-state index contributed by atoms with van der Waals surface area (Å²) in [5.41, 5.74) is 1.67. The molecule has 0 aliphatic carbocycles. The summed E-state index contributed by atoms with van der Waals surface area (Å²) in [5.74, 6) is 1.51. The highest BCUT2D eigenvalue weighted by Gasteiger charge is 2.41. The van der Waals surface area contributed by atoms with Crippen LogP contribution in [0.5, 0.6) is 11.5 Å². The molecule has 5 heteroatoms. The highest BCUT2D eigenvalue weighted by atomic mass is 16.5. The zero-order chi connectivity index (χ0) is 21.7. The lowest BCUT2D eigenvalue weighted by Gasteiger charge is -2.46. The standard InChI is InChI=1S/C26H26N2O3/c1-3-16-28-25(29)23-14-7-8-15-24(23)27-26(28,2)20-10-9-13-22(19-20)31-18-17-30-21-11-5-4-6-12-21/h3-15,19,27H,1,16-18H2,2H3. The second-order valence-corrected chi connectivity index (χ2v) is 7.49. The molecule has 0 saturated heterocycles. The maximum absolute atomic E-state index is 13.2. The number of hydrogen-bond donors (Lipinski definition) is 1. The Balaban J connectivity index is 1.52. The SMILES string of the molecule is C=CCN1C(=O)c2ccccc2NC1(C)c1cccc(OCCOc2ccccc2)c1. The first kappa shape index (κ1) is 20.5. The number of anilines is 1. The van der Waals surface area contributed by atoms with E-state index >= 15 is 0 Å². The second kappa shape index (κ2) is 8.96. The fraction of sp³-hybridized carbons (Fsp3) is 0.192. The van der Waals surface area contributed by atoms with E-state index in [1.165, 1.54) is 0 Å². The Bertz CT molecular complexity index is 1070. The number of nitrogens with one attached hydrogen (secondary N) is 1. The van der Waals surface area contributed by atoms with Crippen LogP contribution in [0.1, 0.15) is 22.8 Å². The third kappa shape index (κ3) is 4.26. The van der Waals surface area contributed by atoms with Crippen LogP contribution in [0.4, 0.5) is 5.69 Å². The van der Waals surface area contributed by atoms with E-state index in [2.05, 4.69) is 11.9 Å². The number of amides is 1. The summed E-state index contributed by atoms with van der Waals surface area (Å²) in [7, 11) is 0. The Morgan fingerprint density at radius 1 is 0.935 bits per heavy atom. The molecule has 1 atom stereocenters. The molecular formula is C26H26N2O3. The van der Waals surface area contributed by atoms with Crippen molar-refractivity contribution in [1.82, 2.24) is 4.90 Å². The zero-order valence-electron chi connectivity index (χ0n) is 17.6. The van der Waals surface area contributed by atoms with Crippen LogP contribution in [0.25, 0.3) is 0 Å². The van der Waals surface area contributed by atoms with Crippen molar-refractivity contribution in [2.75, 3.05) is 25.1 Å². The Hall–Kier alpha value is -3.73. The zero-order valence-corrected chi connectivity index (χ0v) is 17.6. The van der Waals surface area contributed by atoms with Gasteiger partial charge in [0, 0.05) is 17.8 Å². The number of hydrogen-bond acceptors (Lipinski definition) is 4. The van der Waals surface area contributed by atoms with Crippen molar-refractivity contribution < 1.29 is 14.3 Å². The van der Waals surface area contributed by atoms with Gasteiger partial charge in [-0.25, -0.2) is 0 Å². The van der Waals surface area contributed by atoms with Gasteiger partial charge in [0.2, 0.25) is 0 Å². The largest absolute Gasteiger partial charge is 0.490 e. The van der Waals surface area contributed by atoms with Crippen LogP contribution in [0.2, 0.25) is 0 Å². The van der Waals surface area contributed by atoms with E-state index < -0.39 is 5.66 Å². The second-order valence-electron chi connectivity index (χ2n) is 7.49. The first-order chi connectivity index (χ1) is 15.1. The fourth-order valence-corrected chi connectivity index (χ4v) is 3.80. The van der Waals surface area contributed by atoms with Gasteiger partial charge in [-0.3, -0.25) is 4.79 Å². The van der Waals surface area contributed by atoms with E-state index in [0.717, 1.165) is 22.7 Å². The van der Waals surface area contributed by atoms with Crippen molar-refractivity contribution in [3.63, 3.8) is 0 Å². The Labute approximate surface area is 182 Å². The Morgan fingerprint density at radius 3 is 2.39 bits per heavy atom. The molecule has 0 aromatic heterocycles. The molecule has 1 aliphatic rings. The maximum atomic E-state index is 13.2. The summed E-state index contributed by atoms with van der Waals surface area (Å²) in [6.07, 6.45) is 1.74. The molecular weight excluding hydrogens is 388 g/mol. The van der Waals surface area contributed by atoms with E-state index in [1.807, 2.05) is 85.8 Å². The van der Waals surface area contributed by atoms with Crippen LogP contribution in [-0.4, -0.2) is 30.6 Å². The molecule has 1 amide bonds. The number of fused-ring (bicyclic) bond motifs is 1.